The Morgan fingerprint density at radius 3 is 2.58 bits per heavy atom. The van der Waals surface area contributed by atoms with Crippen LogP contribution in [0.2, 0.25) is 0 Å². The highest BCUT2D eigenvalue weighted by atomic mass is 32.2. The number of nitrogens with two attached hydrogens (primary N) is 1. The molecule has 6 heteroatoms. The summed E-state index contributed by atoms with van der Waals surface area (Å²) in [5, 5.41) is 0. The van der Waals surface area contributed by atoms with Crippen molar-refractivity contribution in [1.29, 1.82) is 0 Å². The zero-order chi connectivity index (χ0) is 14.5. The number of anilines is 1. The van der Waals surface area contributed by atoms with Crippen LogP contribution in [0.15, 0.2) is 17.0 Å². The Hall–Kier alpha value is -1.14. The van der Waals surface area contributed by atoms with Gasteiger partial charge >= 0.3 is 0 Å². The average molecular weight is 288 g/mol. The molecule has 0 saturated carbocycles. The summed E-state index contributed by atoms with van der Waals surface area (Å²) >= 11 is 0. The molecule has 0 saturated heterocycles. The molecule has 3 N–H and O–H groups in total. The van der Waals surface area contributed by atoms with Crippen molar-refractivity contribution < 1.29 is 12.8 Å². The summed E-state index contributed by atoms with van der Waals surface area (Å²) in [4.78, 5) is -0.0829. The van der Waals surface area contributed by atoms with Gasteiger partial charge in [-0.25, -0.2) is 17.5 Å². The van der Waals surface area contributed by atoms with Crippen LogP contribution in [0.5, 0.6) is 0 Å². The molecule has 1 aromatic rings. The average Bonchev–Trinajstić information content (AvgIpc) is 2.33. The SMILES string of the molecule is CCCCCCNS(=O)(=O)c1cc(N)cc(F)c1C. The summed E-state index contributed by atoms with van der Waals surface area (Å²) in [7, 11) is -3.69. The molecule has 0 unspecified atom stereocenters. The molecule has 4 nitrogen and oxygen atoms in total. The van der Waals surface area contributed by atoms with Gasteiger partial charge in [0, 0.05) is 17.8 Å². The fourth-order valence-electron chi connectivity index (χ4n) is 1.79. The Balaban J connectivity index is 2.78. The first-order chi connectivity index (χ1) is 8.88. The van der Waals surface area contributed by atoms with E-state index < -0.39 is 15.8 Å². The van der Waals surface area contributed by atoms with Crippen LogP contribution in [0, 0.1) is 12.7 Å². The Bertz CT molecular complexity index is 530. The van der Waals surface area contributed by atoms with Crippen molar-refractivity contribution in [2.24, 2.45) is 0 Å². The van der Waals surface area contributed by atoms with Crippen molar-refractivity contribution in [3.05, 3.63) is 23.5 Å². The minimum atomic E-state index is -3.69. The van der Waals surface area contributed by atoms with Crippen LogP contribution >= 0.6 is 0 Å². The fourth-order valence-corrected chi connectivity index (χ4v) is 3.15. The van der Waals surface area contributed by atoms with E-state index in [0.29, 0.717) is 6.54 Å². The smallest absolute Gasteiger partial charge is 0.241 e. The largest absolute Gasteiger partial charge is 0.399 e. The summed E-state index contributed by atoms with van der Waals surface area (Å²) < 4.78 is 40.1. The number of nitrogen functional groups attached to an aromatic ring is 1. The second-order valence-corrected chi connectivity index (χ2v) is 6.32. The molecular formula is C13H21FN2O2S. The third kappa shape index (κ3) is 4.47. The van der Waals surface area contributed by atoms with Crippen LogP contribution in [-0.2, 0) is 10.0 Å². The van der Waals surface area contributed by atoms with Crippen molar-refractivity contribution >= 4 is 15.7 Å². The predicted molar refractivity (Wildman–Crippen MR) is 74.9 cm³/mol. The molecule has 0 aliphatic heterocycles. The molecule has 0 aliphatic carbocycles. The van der Waals surface area contributed by atoms with Gasteiger partial charge in [-0.1, -0.05) is 26.2 Å². The van der Waals surface area contributed by atoms with E-state index in [0.717, 1.165) is 31.7 Å². The van der Waals surface area contributed by atoms with Crippen molar-refractivity contribution in [3.8, 4) is 0 Å². The van der Waals surface area contributed by atoms with Gasteiger partial charge in [0.15, 0.2) is 0 Å². The number of hydrogen-bond acceptors (Lipinski definition) is 3. The number of unbranched alkanes of at least 4 members (excludes halogenated alkanes) is 3. The number of halogens is 1. The van der Waals surface area contributed by atoms with Gasteiger partial charge in [0.2, 0.25) is 10.0 Å². The highest BCUT2D eigenvalue weighted by Gasteiger charge is 2.19. The standard InChI is InChI=1S/C13H21FN2O2S/c1-3-4-5-6-7-16-19(17,18)13-9-11(15)8-12(14)10(13)2/h8-9,16H,3-7,15H2,1-2H3. The van der Waals surface area contributed by atoms with Crippen LogP contribution in [-0.4, -0.2) is 15.0 Å². The Morgan fingerprint density at radius 2 is 1.95 bits per heavy atom. The molecule has 108 valence electrons. The zero-order valence-corrected chi connectivity index (χ0v) is 12.2. The van der Waals surface area contributed by atoms with Crippen molar-refractivity contribution in [3.63, 3.8) is 0 Å². The number of rotatable bonds is 7. The molecule has 0 aromatic heterocycles. The molecular weight excluding hydrogens is 267 g/mol. The molecule has 19 heavy (non-hydrogen) atoms. The minimum absolute atomic E-state index is 0.0829. The van der Waals surface area contributed by atoms with Gasteiger partial charge in [0.1, 0.15) is 5.82 Å². The van der Waals surface area contributed by atoms with Gasteiger partial charge in [-0.05, 0) is 25.5 Å². The van der Waals surface area contributed by atoms with Gasteiger partial charge in [-0.2, -0.15) is 0 Å². The maximum absolute atomic E-state index is 13.5. The third-order valence-electron chi connectivity index (χ3n) is 2.93. The van der Waals surface area contributed by atoms with Crippen LogP contribution in [0.1, 0.15) is 38.2 Å². The third-order valence-corrected chi connectivity index (χ3v) is 4.52. The molecule has 1 rings (SSSR count). The lowest BCUT2D eigenvalue weighted by molar-refractivity contribution is 0.568. The Kier molecular flexibility index (Phi) is 5.75. The van der Waals surface area contributed by atoms with Gasteiger partial charge < -0.3 is 5.73 Å². The van der Waals surface area contributed by atoms with Crippen LogP contribution < -0.4 is 10.5 Å². The van der Waals surface area contributed by atoms with Gasteiger partial charge in [-0.3, -0.25) is 0 Å². The lowest BCUT2D eigenvalue weighted by Crippen LogP contribution is -2.26. The van der Waals surface area contributed by atoms with E-state index in [1.807, 2.05) is 0 Å². The van der Waals surface area contributed by atoms with Gasteiger partial charge in [0.25, 0.3) is 0 Å². The summed E-state index contributed by atoms with van der Waals surface area (Å²) in [6, 6.07) is 2.41. The number of sulfonamides is 1. The maximum Gasteiger partial charge on any atom is 0.241 e. The number of nitrogens with one attached hydrogen (secondary N) is 1. The molecule has 0 heterocycles. The summed E-state index contributed by atoms with van der Waals surface area (Å²) in [6.45, 7) is 3.88. The number of hydrogen-bond donors (Lipinski definition) is 2. The van der Waals surface area contributed by atoms with Gasteiger partial charge in [0.05, 0.1) is 4.90 Å². The summed E-state index contributed by atoms with van der Waals surface area (Å²) in [5.41, 5.74) is 5.69. The number of benzene rings is 1. The first-order valence-electron chi connectivity index (χ1n) is 6.43. The van der Waals surface area contributed by atoms with E-state index in [2.05, 4.69) is 11.6 Å². The Labute approximate surface area is 114 Å². The molecule has 0 radical (unpaired) electrons. The zero-order valence-electron chi connectivity index (χ0n) is 11.4. The summed E-state index contributed by atoms with van der Waals surface area (Å²) in [5.74, 6) is -0.605. The highest BCUT2D eigenvalue weighted by molar-refractivity contribution is 7.89. The van der Waals surface area contributed by atoms with Crippen molar-refractivity contribution in [1.82, 2.24) is 4.72 Å². The van der Waals surface area contributed by atoms with Crippen molar-refractivity contribution in [2.75, 3.05) is 12.3 Å². The van der Waals surface area contributed by atoms with E-state index >= 15 is 0 Å². The molecule has 0 spiro atoms. The van der Waals surface area contributed by atoms with E-state index in [1.54, 1.807) is 0 Å². The first-order valence-corrected chi connectivity index (χ1v) is 7.92. The van der Waals surface area contributed by atoms with Gasteiger partial charge in [-0.15, -0.1) is 0 Å². The van der Waals surface area contributed by atoms with E-state index in [9.17, 15) is 12.8 Å². The van der Waals surface area contributed by atoms with E-state index in [1.165, 1.54) is 13.0 Å². The predicted octanol–water partition coefficient (Wildman–Crippen LogP) is 2.57. The quantitative estimate of drug-likeness (QED) is 0.598. The van der Waals surface area contributed by atoms with Crippen LogP contribution in [0.3, 0.4) is 0 Å². The van der Waals surface area contributed by atoms with Crippen molar-refractivity contribution in [2.45, 2.75) is 44.4 Å². The highest BCUT2D eigenvalue weighted by Crippen LogP contribution is 2.21. The minimum Gasteiger partial charge on any atom is -0.399 e. The molecule has 0 aliphatic rings. The molecule has 1 aromatic carbocycles. The summed E-state index contributed by atoms with van der Waals surface area (Å²) in [6.07, 6.45) is 3.92. The fraction of sp³-hybridized carbons (Fsp3) is 0.538. The molecule has 0 fully saturated rings. The van der Waals surface area contributed by atoms with E-state index in [4.69, 9.17) is 5.73 Å². The van der Waals surface area contributed by atoms with Crippen LogP contribution in [0.4, 0.5) is 10.1 Å². The normalized spacial score (nSPS) is 11.7. The second kappa shape index (κ2) is 6.86. The molecule has 0 amide bonds. The second-order valence-electron chi connectivity index (χ2n) is 4.58. The monoisotopic (exact) mass is 288 g/mol. The maximum atomic E-state index is 13.5. The lowest BCUT2D eigenvalue weighted by Gasteiger charge is -2.10. The first kappa shape index (κ1) is 15.9. The molecule has 0 bridgehead atoms. The topological polar surface area (TPSA) is 72.2 Å². The Morgan fingerprint density at radius 1 is 1.26 bits per heavy atom. The van der Waals surface area contributed by atoms with Crippen LogP contribution in [0.25, 0.3) is 0 Å². The van der Waals surface area contributed by atoms with E-state index in [-0.39, 0.29) is 16.1 Å². The lowest BCUT2D eigenvalue weighted by atomic mass is 10.2. The molecule has 0 atom stereocenters.